The first kappa shape index (κ1) is 14.6. The Labute approximate surface area is 130 Å². The smallest absolute Gasteiger partial charge is 0.410 e. The zero-order chi connectivity index (χ0) is 15.2. The molecule has 0 bridgehead atoms. The van der Waals surface area contributed by atoms with Gasteiger partial charge in [0, 0.05) is 12.7 Å². The van der Waals surface area contributed by atoms with Gasteiger partial charge in [-0.2, -0.15) is 0 Å². The number of likely N-dealkylation sites (tertiary alicyclic amines) is 1. The monoisotopic (exact) mass is 296 g/mol. The van der Waals surface area contributed by atoms with Crippen LogP contribution in [0, 0.1) is 0 Å². The van der Waals surface area contributed by atoms with E-state index in [0.717, 1.165) is 37.1 Å². The van der Waals surface area contributed by atoms with Crippen LogP contribution in [-0.4, -0.2) is 22.5 Å². The van der Waals surface area contributed by atoms with Crippen LogP contribution in [0.25, 0.3) is 0 Å². The van der Waals surface area contributed by atoms with Gasteiger partial charge in [-0.05, 0) is 37.0 Å². The molecule has 114 valence electrons. The standard InChI is InChI=1S/C18H20N2O2/c21-18(22-14-15-8-2-1-3-9-15)20-13-7-5-11-17(20)16-10-4-6-12-19-16/h1-4,6,8-10,12,17H,5,7,11,13-14H2. The van der Waals surface area contributed by atoms with E-state index in [1.807, 2.05) is 53.4 Å². The van der Waals surface area contributed by atoms with Crippen LogP contribution >= 0.6 is 0 Å². The summed E-state index contributed by atoms with van der Waals surface area (Å²) in [6.07, 6.45) is 4.60. The average molecular weight is 296 g/mol. The van der Waals surface area contributed by atoms with Crippen LogP contribution in [-0.2, 0) is 11.3 Å². The zero-order valence-corrected chi connectivity index (χ0v) is 12.5. The van der Waals surface area contributed by atoms with E-state index in [1.54, 1.807) is 6.20 Å². The number of amides is 1. The van der Waals surface area contributed by atoms with Crippen LogP contribution in [0.1, 0.15) is 36.6 Å². The van der Waals surface area contributed by atoms with E-state index < -0.39 is 0 Å². The third-order valence-electron chi connectivity index (χ3n) is 3.97. The molecule has 1 unspecified atom stereocenters. The van der Waals surface area contributed by atoms with Gasteiger partial charge in [0.2, 0.25) is 0 Å². The minimum absolute atomic E-state index is 0.0261. The van der Waals surface area contributed by atoms with Gasteiger partial charge in [0.1, 0.15) is 6.61 Å². The normalized spacial score (nSPS) is 18.0. The van der Waals surface area contributed by atoms with Gasteiger partial charge in [-0.15, -0.1) is 0 Å². The van der Waals surface area contributed by atoms with Gasteiger partial charge >= 0.3 is 6.09 Å². The van der Waals surface area contributed by atoms with Gasteiger partial charge in [-0.1, -0.05) is 36.4 Å². The average Bonchev–Trinajstić information content (AvgIpc) is 2.61. The van der Waals surface area contributed by atoms with Crippen molar-refractivity contribution in [2.24, 2.45) is 0 Å². The predicted octanol–water partition coefficient (Wildman–Crippen LogP) is 3.95. The number of nitrogens with zero attached hydrogens (tertiary/aromatic N) is 2. The molecule has 0 saturated carbocycles. The Morgan fingerprint density at radius 1 is 1.14 bits per heavy atom. The lowest BCUT2D eigenvalue weighted by Gasteiger charge is -2.34. The van der Waals surface area contributed by atoms with Gasteiger partial charge in [0.15, 0.2) is 0 Å². The Kier molecular flexibility index (Phi) is 4.68. The summed E-state index contributed by atoms with van der Waals surface area (Å²) >= 11 is 0. The van der Waals surface area contributed by atoms with Crippen LogP contribution in [0.3, 0.4) is 0 Å². The summed E-state index contributed by atoms with van der Waals surface area (Å²) in [5, 5.41) is 0. The Morgan fingerprint density at radius 3 is 2.73 bits per heavy atom. The predicted molar refractivity (Wildman–Crippen MR) is 84.2 cm³/mol. The molecule has 0 radical (unpaired) electrons. The number of hydrogen-bond acceptors (Lipinski definition) is 3. The number of benzene rings is 1. The molecule has 0 N–H and O–H groups in total. The van der Waals surface area contributed by atoms with Crippen LogP contribution in [0.5, 0.6) is 0 Å². The maximum absolute atomic E-state index is 12.4. The second kappa shape index (κ2) is 7.07. The Hall–Kier alpha value is -2.36. The summed E-state index contributed by atoms with van der Waals surface area (Å²) in [5.41, 5.74) is 1.95. The number of carbonyl (C=O) groups is 1. The lowest BCUT2D eigenvalue weighted by atomic mass is 9.99. The highest BCUT2D eigenvalue weighted by molar-refractivity contribution is 5.68. The van der Waals surface area contributed by atoms with E-state index in [4.69, 9.17) is 4.74 Å². The van der Waals surface area contributed by atoms with Crippen molar-refractivity contribution in [3.63, 3.8) is 0 Å². The summed E-state index contributed by atoms with van der Waals surface area (Å²) < 4.78 is 5.48. The first-order chi connectivity index (χ1) is 10.8. The first-order valence-electron chi connectivity index (χ1n) is 7.73. The van der Waals surface area contributed by atoms with Crippen LogP contribution in [0.2, 0.25) is 0 Å². The van der Waals surface area contributed by atoms with Gasteiger partial charge < -0.3 is 4.74 Å². The molecule has 0 aliphatic carbocycles. The van der Waals surface area contributed by atoms with Gasteiger partial charge in [0.05, 0.1) is 11.7 Å². The minimum atomic E-state index is -0.251. The summed E-state index contributed by atoms with van der Waals surface area (Å²) in [7, 11) is 0. The molecule has 2 aromatic rings. The number of aromatic nitrogens is 1. The molecule has 1 fully saturated rings. The van der Waals surface area contributed by atoms with E-state index in [1.165, 1.54) is 0 Å². The molecular weight excluding hydrogens is 276 g/mol. The van der Waals surface area contributed by atoms with Crippen molar-refractivity contribution in [3.05, 3.63) is 66.0 Å². The molecule has 1 amide bonds. The second-order valence-electron chi connectivity index (χ2n) is 5.50. The van der Waals surface area contributed by atoms with E-state index in [-0.39, 0.29) is 12.1 Å². The minimum Gasteiger partial charge on any atom is -0.445 e. The van der Waals surface area contributed by atoms with E-state index >= 15 is 0 Å². The molecular formula is C18H20N2O2. The Balaban J connectivity index is 1.66. The van der Waals surface area contributed by atoms with Crippen molar-refractivity contribution in [2.45, 2.75) is 31.9 Å². The highest BCUT2D eigenvalue weighted by Crippen LogP contribution is 2.30. The van der Waals surface area contributed by atoms with Crippen molar-refractivity contribution in [1.82, 2.24) is 9.88 Å². The molecule has 0 spiro atoms. The molecule has 1 aliphatic rings. The largest absolute Gasteiger partial charge is 0.445 e. The Morgan fingerprint density at radius 2 is 1.95 bits per heavy atom. The molecule has 1 atom stereocenters. The summed E-state index contributed by atoms with van der Waals surface area (Å²) in [4.78, 5) is 18.6. The Bertz CT molecular complexity index is 601. The lowest BCUT2D eigenvalue weighted by Crippen LogP contribution is -2.39. The SMILES string of the molecule is O=C(OCc1ccccc1)N1CCCCC1c1ccccn1. The van der Waals surface area contributed by atoms with E-state index in [2.05, 4.69) is 4.98 Å². The first-order valence-corrected chi connectivity index (χ1v) is 7.73. The maximum atomic E-state index is 12.4. The number of carbonyl (C=O) groups excluding carboxylic acids is 1. The molecule has 1 aromatic heterocycles. The second-order valence-corrected chi connectivity index (χ2v) is 5.50. The van der Waals surface area contributed by atoms with E-state index in [0.29, 0.717) is 6.61 Å². The van der Waals surface area contributed by atoms with Crippen molar-refractivity contribution in [2.75, 3.05) is 6.54 Å². The molecule has 4 heteroatoms. The molecule has 4 nitrogen and oxygen atoms in total. The fourth-order valence-corrected chi connectivity index (χ4v) is 2.83. The highest BCUT2D eigenvalue weighted by atomic mass is 16.6. The molecule has 22 heavy (non-hydrogen) atoms. The van der Waals surface area contributed by atoms with Crippen LogP contribution < -0.4 is 0 Å². The van der Waals surface area contributed by atoms with Crippen molar-refractivity contribution in [1.29, 1.82) is 0 Å². The number of pyridine rings is 1. The summed E-state index contributed by atoms with van der Waals surface area (Å²) in [6.45, 7) is 1.04. The highest BCUT2D eigenvalue weighted by Gasteiger charge is 2.29. The van der Waals surface area contributed by atoms with Gasteiger partial charge in [-0.25, -0.2) is 4.79 Å². The van der Waals surface area contributed by atoms with Crippen molar-refractivity contribution < 1.29 is 9.53 Å². The van der Waals surface area contributed by atoms with Crippen LogP contribution in [0.15, 0.2) is 54.7 Å². The quantitative estimate of drug-likeness (QED) is 0.861. The molecule has 1 aromatic carbocycles. The molecule has 1 saturated heterocycles. The number of piperidine rings is 1. The molecule has 1 aliphatic heterocycles. The summed E-state index contributed by atoms with van der Waals surface area (Å²) in [6, 6.07) is 15.6. The fourth-order valence-electron chi connectivity index (χ4n) is 2.83. The van der Waals surface area contributed by atoms with Crippen LogP contribution in [0.4, 0.5) is 4.79 Å². The third-order valence-corrected chi connectivity index (χ3v) is 3.97. The number of hydrogen-bond donors (Lipinski definition) is 0. The molecule has 3 rings (SSSR count). The molecule has 2 heterocycles. The number of ether oxygens (including phenoxy) is 1. The van der Waals surface area contributed by atoms with Crippen molar-refractivity contribution in [3.8, 4) is 0 Å². The van der Waals surface area contributed by atoms with Gasteiger partial charge in [0.25, 0.3) is 0 Å². The van der Waals surface area contributed by atoms with Gasteiger partial charge in [-0.3, -0.25) is 9.88 Å². The number of rotatable bonds is 3. The third kappa shape index (κ3) is 3.45. The van der Waals surface area contributed by atoms with E-state index in [9.17, 15) is 4.79 Å². The zero-order valence-electron chi connectivity index (χ0n) is 12.5. The lowest BCUT2D eigenvalue weighted by molar-refractivity contribution is 0.0669. The fraction of sp³-hybridized carbons (Fsp3) is 0.333. The summed E-state index contributed by atoms with van der Waals surface area (Å²) in [5.74, 6) is 0. The maximum Gasteiger partial charge on any atom is 0.410 e. The van der Waals surface area contributed by atoms with Crippen molar-refractivity contribution >= 4 is 6.09 Å². The topological polar surface area (TPSA) is 42.4 Å².